The van der Waals surface area contributed by atoms with E-state index in [-0.39, 0.29) is 0 Å². The Morgan fingerprint density at radius 3 is 2.85 bits per heavy atom. The molecule has 0 aliphatic heterocycles. The van der Waals surface area contributed by atoms with Crippen LogP contribution in [-0.4, -0.2) is 10.7 Å². The normalized spacial score (nSPS) is 11.0. The van der Waals surface area contributed by atoms with Crippen molar-refractivity contribution in [2.45, 2.75) is 19.9 Å². The van der Waals surface area contributed by atoms with Gasteiger partial charge in [0.05, 0.1) is 11.7 Å². The van der Waals surface area contributed by atoms with Crippen molar-refractivity contribution in [1.82, 2.24) is 4.68 Å². The van der Waals surface area contributed by atoms with Crippen LogP contribution in [0, 0.1) is 6.20 Å². The number of benzene rings is 1. The van der Waals surface area contributed by atoms with Gasteiger partial charge < -0.3 is 5.43 Å². The van der Waals surface area contributed by atoms with E-state index in [1.165, 1.54) is 10.9 Å². The highest BCUT2D eigenvalue weighted by Gasteiger charge is 1.99. The van der Waals surface area contributed by atoms with Crippen molar-refractivity contribution in [3.05, 3.63) is 36.5 Å². The Morgan fingerprint density at radius 1 is 1.31 bits per heavy atom. The van der Waals surface area contributed by atoms with Crippen LogP contribution in [0.5, 0.6) is 0 Å². The number of fused-ring (bicyclic) bond motifs is 1. The molecule has 1 radical (unpaired) electrons. The number of nitrogens with zero attached hydrogens (tertiary/aromatic N) is 1. The van der Waals surface area contributed by atoms with Gasteiger partial charge in [0.1, 0.15) is 0 Å². The molecular weight excluding hydrogens is 160 g/mol. The number of aromatic nitrogens is 1. The Labute approximate surface area is 78.1 Å². The summed E-state index contributed by atoms with van der Waals surface area (Å²) in [6.07, 6.45) is 3.15. The first-order chi connectivity index (χ1) is 6.27. The van der Waals surface area contributed by atoms with Crippen molar-refractivity contribution < 1.29 is 0 Å². The molecule has 1 N–H and O–H groups in total. The fraction of sp³-hybridized carbons (Fsp3) is 0.273. The summed E-state index contributed by atoms with van der Waals surface area (Å²) in [7, 11) is 0. The summed E-state index contributed by atoms with van der Waals surface area (Å²) in [6.45, 7) is 4.23. The average Bonchev–Trinajstić information content (AvgIpc) is 2.48. The SMILES string of the molecule is CC(C)Nn1[c]cc2ccccc21. The standard InChI is InChI=1S/C11H13N2/c1-9(2)12-13-8-7-10-5-3-4-6-11(10)13/h3-7,9,12H,1-2H3. The average molecular weight is 173 g/mol. The van der Waals surface area contributed by atoms with Crippen molar-refractivity contribution in [1.29, 1.82) is 0 Å². The molecule has 1 aromatic heterocycles. The summed E-state index contributed by atoms with van der Waals surface area (Å²) in [6, 6.07) is 10.7. The quantitative estimate of drug-likeness (QED) is 0.737. The van der Waals surface area contributed by atoms with Gasteiger partial charge in [0.25, 0.3) is 0 Å². The summed E-state index contributed by atoms with van der Waals surface area (Å²) < 4.78 is 1.94. The lowest BCUT2D eigenvalue weighted by atomic mass is 10.3. The third kappa shape index (κ3) is 1.52. The van der Waals surface area contributed by atoms with E-state index in [1.54, 1.807) is 0 Å². The van der Waals surface area contributed by atoms with E-state index in [4.69, 9.17) is 0 Å². The zero-order valence-electron chi connectivity index (χ0n) is 7.91. The summed E-state index contributed by atoms with van der Waals surface area (Å²) in [5.41, 5.74) is 4.47. The maximum absolute atomic E-state index is 3.29. The second kappa shape index (κ2) is 3.13. The van der Waals surface area contributed by atoms with Crippen molar-refractivity contribution in [3.8, 4) is 0 Å². The smallest absolute Gasteiger partial charge is 0.0890 e. The molecule has 0 atom stereocenters. The number of hydrogen-bond donors (Lipinski definition) is 1. The lowest BCUT2D eigenvalue weighted by Crippen LogP contribution is -2.21. The first-order valence-corrected chi connectivity index (χ1v) is 4.52. The molecule has 0 bridgehead atoms. The topological polar surface area (TPSA) is 17.0 Å². The van der Waals surface area contributed by atoms with Gasteiger partial charge in [-0.3, -0.25) is 4.68 Å². The molecule has 0 spiro atoms. The molecule has 1 heterocycles. The molecule has 2 heteroatoms. The largest absolute Gasteiger partial charge is 0.323 e. The summed E-state index contributed by atoms with van der Waals surface area (Å²) >= 11 is 0. The Kier molecular flexibility index (Phi) is 1.97. The second-order valence-corrected chi connectivity index (χ2v) is 3.45. The van der Waals surface area contributed by atoms with E-state index in [0.717, 1.165) is 0 Å². The van der Waals surface area contributed by atoms with Gasteiger partial charge in [-0.1, -0.05) is 18.2 Å². The number of hydrogen-bond acceptors (Lipinski definition) is 1. The fourth-order valence-electron chi connectivity index (χ4n) is 1.38. The van der Waals surface area contributed by atoms with Crippen LogP contribution in [0.25, 0.3) is 10.9 Å². The minimum absolute atomic E-state index is 0.423. The first kappa shape index (κ1) is 8.17. The van der Waals surface area contributed by atoms with Crippen LogP contribution in [0.4, 0.5) is 0 Å². The van der Waals surface area contributed by atoms with Crippen LogP contribution in [0.3, 0.4) is 0 Å². The van der Waals surface area contributed by atoms with Crippen LogP contribution in [0.1, 0.15) is 13.8 Å². The number of nitrogens with one attached hydrogen (secondary N) is 1. The molecule has 0 saturated heterocycles. The summed E-state index contributed by atoms with van der Waals surface area (Å²) in [5, 5.41) is 1.22. The van der Waals surface area contributed by atoms with E-state index in [2.05, 4.69) is 37.6 Å². The van der Waals surface area contributed by atoms with Gasteiger partial charge in [-0.15, -0.1) is 0 Å². The molecule has 2 rings (SSSR count). The fourth-order valence-corrected chi connectivity index (χ4v) is 1.38. The van der Waals surface area contributed by atoms with Crippen molar-refractivity contribution in [2.75, 3.05) is 5.43 Å². The number of rotatable bonds is 2. The van der Waals surface area contributed by atoms with E-state index in [1.807, 2.05) is 22.9 Å². The molecule has 2 aromatic rings. The molecule has 13 heavy (non-hydrogen) atoms. The van der Waals surface area contributed by atoms with E-state index in [9.17, 15) is 0 Å². The number of para-hydroxylation sites is 1. The lowest BCUT2D eigenvalue weighted by Gasteiger charge is -2.11. The second-order valence-electron chi connectivity index (χ2n) is 3.45. The Bertz CT molecular complexity index is 401. The third-order valence-electron chi connectivity index (χ3n) is 1.91. The van der Waals surface area contributed by atoms with Crippen LogP contribution in [-0.2, 0) is 0 Å². The van der Waals surface area contributed by atoms with Gasteiger partial charge in [0.15, 0.2) is 0 Å². The maximum atomic E-state index is 3.29. The maximum Gasteiger partial charge on any atom is 0.0890 e. The lowest BCUT2D eigenvalue weighted by molar-refractivity contribution is 0.752. The monoisotopic (exact) mass is 173 g/mol. The Balaban J connectivity index is 2.46. The molecule has 0 saturated carbocycles. The molecule has 0 unspecified atom stereocenters. The molecule has 0 amide bonds. The van der Waals surface area contributed by atoms with Crippen LogP contribution >= 0.6 is 0 Å². The van der Waals surface area contributed by atoms with E-state index in [0.29, 0.717) is 6.04 Å². The van der Waals surface area contributed by atoms with Gasteiger partial charge in [-0.05, 0) is 26.0 Å². The molecule has 2 nitrogen and oxygen atoms in total. The van der Waals surface area contributed by atoms with Crippen molar-refractivity contribution >= 4 is 10.9 Å². The Hall–Kier alpha value is -1.44. The van der Waals surface area contributed by atoms with Crippen molar-refractivity contribution in [2.24, 2.45) is 0 Å². The Morgan fingerprint density at radius 2 is 2.08 bits per heavy atom. The molecule has 1 aromatic carbocycles. The van der Waals surface area contributed by atoms with Gasteiger partial charge >= 0.3 is 0 Å². The highest BCUT2D eigenvalue weighted by Crippen LogP contribution is 2.12. The summed E-state index contributed by atoms with van der Waals surface area (Å²) in [4.78, 5) is 0. The minimum atomic E-state index is 0.423. The van der Waals surface area contributed by atoms with Crippen LogP contribution in [0.15, 0.2) is 30.3 Å². The zero-order chi connectivity index (χ0) is 9.26. The van der Waals surface area contributed by atoms with Crippen LogP contribution in [0.2, 0.25) is 0 Å². The zero-order valence-corrected chi connectivity index (χ0v) is 7.91. The van der Waals surface area contributed by atoms with Gasteiger partial charge in [-0.25, -0.2) is 0 Å². The summed E-state index contributed by atoms with van der Waals surface area (Å²) in [5.74, 6) is 0. The minimum Gasteiger partial charge on any atom is -0.323 e. The molecule has 67 valence electrons. The highest BCUT2D eigenvalue weighted by molar-refractivity contribution is 5.79. The predicted octanol–water partition coefficient (Wildman–Crippen LogP) is 2.39. The van der Waals surface area contributed by atoms with Crippen LogP contribution < -0.4 is 5.43 Å². The first-order valence-electron chi connectivity index (χ1n) is 4.52. The predicted molar refractivity (Wildman–Crippen MR) is 55.3 cm³/mol. The highest BCUT2D eigenvalue weighted by atomic mass is 15.4. The van der Waals surface area contributed by atoms with Gasteiger partial charge in [-0.2, -0.15) is 0 Å². The van der Waals surface area contributed by atoms with Gasteiger partial charge in [0, 0.05) is 11.4 Å². The van der Waals surface area contributed by atoms with E-state index >= 15 is 0 Å². The van der Waals surface area contributed by atoms with Crippen molar-refractivity contribution in [3.63, 3.8) is 0 Å². The molecule has 0 aliphatic rings. The molecular formula is C11H13N2. The van der Waals surface area contributed by atoms with Gasteiger partial charge in [0.2, 0.25) is 0 Å². The molecule has 0 aliphatic carbocycles. The molecule has 0 fully saturated rings. The third-order valence-corrected chi connectivity index (χ3v) is 1.91. The van der Waals surface area contributed by atoms with E-state index < -0.39 is 0 Å².